The Balaban J connectivity index is 2.14. The van der Waals surface area contributed by atoms with Gasteiger partial charge in [-0.3, -0.25) is 0 Å². The van der Waals surface area contributed by atoms with Crippen molar-refractivity contribution in [2.45, 2.75) is 27.4 Å². The van der Waals surface area contributed by atoms with E-state index in [2.05, 4.69) is 32.8 Å². The molecule has 4 nitrogen and oxygen atoms in total. The molecule has 1 heterocycles. The highest BCUT2D eigenvalue weighted by Crippen LogP contribution is 2.30. The van der Waals surface area contributed by atoms with E-state index < -0.39 is 0 Å². The second-order valence-corrected chi connectivity index (χ2v) is 6.41. The number of ether oxygens (including phenoxy) is 1. The average molecular weight is 394 g/mol. The van der Waals surface area contributed by atoms with Crippen molar-refractivity contribution in [3.05, 3.63) is 51.4 Å². The maximum absolute atomic E-state index is 13.1. The lowest BCUT2D eigenvalue weighted by atomic mass is 10.1. The Kier molecular flexibility index (Phi) is 6.31. The normalized spacial score (nSPS) is 11.1. The number of pyridine rings is 1. The van der Waals surface area contributed by atoms with Crippen molar-refractivity contribution in [1.82, 2.24) is 9.88 Å². The Morgan fingerprint density at radius 1 is 1.33 bits per heavy atom. The summed E-state index contributed by atoms with van der Waals surface area (Å²) < 4.78 is 19.7. The SMILES string of the molecule is CCN(C)/C=N/c1cc(Br)c(OCc2ccc(F)cc2C)nc1C. The van der Waals surface area contributed by atoms with Crippen LogP contribution >= 0.6 is 15.9 Å². The highest BCUT2D eigenvalue weighted by atomic mass is 79.9. The summed E-state index contributed by atoms with van der Waals surface area (Å²) in [6, 6.07) is 6.54. The Labute approximate surface area is 150 Å². The summed E-state index contributed by atoms with van der Waals surface area (Å²) >= 11 is 3.47. The van der Waals surface area contributed by atoms with Crippen LogP contribution in [0.5, 0.6) is 5.88 Å². The number of benzene rings is 1. The number of rotatable bonds is 6. The molecule has 0 aliphatic rings. The number of aryl methyl sites for hydroxylation is 2. The molecule has 0 radical (unpaired) electrons. The van der Waals surface area contributed by atoms with Crippen LogP contribution < -0.4 is 4.74 Å². The Morgan fingerprint density at radius 2 is 2.08 bits per heavy atom. The topological polar surface area (TPSA) is 37.7 Å². The van der Waals surface area contributed by atoms with Gasteiger partial charge in [0.2, 0.25) is 5.88 Å². The predicted molar refractivity (Wildman–Crippen MR) is 98.6 cm³/mol. The van der Waals surface area contributed by atoms with E-state index in [1.165, 1.54) is 12.1 Å². The van der Waals surface area contributed by atoms with Crippen LogP contribution in [0.4, 0.5) is 10.1 Å². The first-order valence-corrected chi connectivity index (χ1v) is 8.49. The first kappa shape index (κ1) is 18.4. The Bertz CT molecular complexity index is 749. The van der Waals surface area contributed by atoms with Crippen molar-refractivity contribution in [2.24, 2.45) is 4.99 Å². The van der Waals surface area contributed by atoms with E-state index in [9.17, 15) is 4.39 Å². The van der Waals surface area contributed by atoms with Gasteiger partial charge in [-0.05, 0) is 66.0 Å². The molecule has 0 spiro atoms. The third kappa shape index (κ3) is 4.77. The quantitative estimate of drug-likeness (QED) is 0.522. The fraction of sp³-hybridized carbons (Fsp3) is 0.333. The van der Waals surface area contributed by atoms with E-state index in [0.717, 1.165) is 33.5 Å². The number of hydrogen-bond acceptors (Lipinski definition) is 3. The van der Waals surface area contributed by atoms with Gasteiger partial charge in [-0.15, -0.1) is 0 Å². The second-order valence-electron chi connectivity index (χ2n) is 5.56. The van der Waals surface area contributed by atoms with Gasteiger partial charge in [0.1, 0.15) is 12.4 Å². The summed E-state index contributed by atoms with van der Waals surface area (Å²) in [6.07, 6.45) is 1.78. The molecule has 128 valence electrons. The molecular weight excluding hydrogens is 373 g/mol. The number of aromatic nitrogens is 1. The van der Waals surface area contributed by atoms with E-state index in [-0.39, 0.29) is 5.82 Å². The fourth-order valence-corrected chi connectivity index (χ4v) is 2.41. The third-order valence-electron chi connectivity index (χ3n) is 3.67. The van der Waals surface area contributed by atoms with Gasteiger partial charge < -0.3 is 9.64 Å². The van der Waals surface area contributed by atoms with Crippen molar-refractivity contribution in [3.8, 4) is 5.88 Å². The molecule has 2 rings (SSSR count). The third-order valence-corrected chi connectivity index (χ3v) is 4.24. The van der Waals surface area contributed by atoms with E-state index in [1.807, 2.05) is 31.9 Å². The smallest absolute Gasteiger partial charge is 0.228 e. The molecule has 0 saturated heterocycles. The zero-order chi connectivity index (χ0) is 17.7. The van der Waals surface area contributed by atoms with Crippen molar-refractivity contribution >= 4 is 28.0 Å². The zero-order valence-electron chi connectivity index (χ0n) is 14.3. The average Bonchev–Trinajstić information content (AvgIpc) is 2.54. The van der Waals surface area contributed by atoms with Gasteiger partial charge in [-0.2, -0.15) is 0 Å². The molecule has 0 fully saturated rings. The van der Waals surface area contributed by atoms with Crippen molar-refractivity contribution in [1.29, 1.82) is 0 Å². The number of nitrogens with zero attached hydrogens (tertiary/aromatic N) is 3. The zero-order valence-corrected chi connectivity index (χ0v) is 15.9. The minimum Gasteiger partial charge on any atom is -0.472 e. The molecule has 0 atom stereocenters. The molecule has 0 unspecified atom stereocenters. The largest absolute Gasteiger partial charge is 0.472 e. The fourth-order valence-electron chi connectivity index (χ4n) is 1.99. The molecule has 0 aliphatic carbocycles. The molecule has 0 aliphatic heterocycles. The first-order valence-electron chi connectivity index (χ1n) is 7.70. The molecule has 2 aromatic rings. The highest BCUT2D eigenvalue weighted by Gasteiger charge is 2.09. The summed E-state index contributed by atoms with van der Waals surface area (Å²) in [5, 5.41) is 0. The van der Waals surface area contributed by atoms with Gasteiger partial charge in [0.05, 0.1) is 22.2 Å². The van der Waals surface area contributed by atoms with E-state index in [0.29, 0.717) is 12.5 Å². The second kappa shape index (κ2) is 8.24. The van der Waals surface area contributed by atoms with Gasteiger partial charge in [-0.25, -0.2) is 14.4 Å². The van der Waals surface area contributed by atoms with Crippen LogP contribution in [0.1, 0.15) is 23.7 Å². The van der Waals surface area contributed by atoms with Crippen LogP contribution in [-0.4, -0.2) is 29.8 Å². The monoisotopic (exact) mass is 393 g/mol. The van der Waals surface area contributed by atoms with Crippen molar-refractivity contribution < 1.29 is 9.13 Å². The number of hydrogen-bond donors (Lipinski definition) is 0. The predicted octanol–water partition coefficient (Wildman–Crippen LogP) is 4.79. The molecule has 0 bridgehead atoms. The van der Waals surface area contributed by atoms with Crippen LogP contribution in [0.3, 0.4) is 0 Å². The highest BCUT2D eigenvalue weighted by molar-refractivity contribution is 9.10. The molecule has 0 saturated carbocycles. The lowest BCUT2D eigenvalue weighted by Gasteiger charge is -2.12. The lowest BCUT2D eigenvalue weighted by molar-refractivity contribution is 0.290. The standard InChI is InChI=1S/C18H21BrFN3O/c1-5-23(4)11-21-17-9-16(19)18(22-13(17)3)24-10-14-6-7-15(20)8-12(14)2/h6-9,11H,5,10H2,1-4H3/b21-11+. The van der Waals surface area contributed by atoms with E-state index in [1.54, 1.807) is 12.4 Å². The minimum absolute atomic E-state index is 0.245. The van der Waals surface area contributed by atoms with Crippen LogP contribution in [0.15, 0.2) is 33.7 Å². The van der Waals surface area contributed by atoms with Gasteiger partial charge in [-0.1, -0.05) is 6.07 Å². The van der Waals surface area contributed by atoms with Crippen LogP contribution in [0.25, 0.3) is 0 Å². The summed E-state index contributed by atoms with van der Waals surface area (Å²) in [6.45, 7) is 7.02. The van der Waals surface area contributed by atoms with Crippen molar-refractivity contribution in [2.75, 3.05) is 13.6 Å². The number of aliphatic imine (C=N–C) groups is 1. The lowest BCUT2D eigenvalue weighted by Crippen LogP contribution is -2.14. The summed E-state index contributed by atoms with van der Waals surface area (Å²) in [5.74, 6) is 0.254. The minimum atomic E-state index is -0.245. The van der Waals surface area contributed by atoms with E-state index >= 15 is 0 Å². The summed E-state index contributed by atoms with van der Waals surface area (Å²) in [4.78, 5) is 10.9. The molecule has 1 aromatic carbocycles. The Hall–Kier alpha value is -1.95. The molecule has 24 heavy (non-hydrogen) atoms. The van der Waals surface area contributed by atoms with Gasteiger partial charge >= 0.3 is 0 Å². The molecule has 6 heteroatoms. The molecule has 0 amide bonds. The van der Waals surface area contributed by atoms with Crippen molar-refractivity contribution in [3.63, 3.8) is 0 Å². The van der Waals surface area contributed by atoms with Gasteiger partial charge in [0.25, 0.3) is 0 Å². The van der Waals surface area contributed by atoms with E-state index in [4.69, 9.17) is 4.74 Å². The maximum Gasteiger partial charge on any atom is 0.228 e. The Morgan fingerprint density at radius 3 is 2.75 bits per heavy atom. The maximum atomic E-state index is 13.1. The van der Waals surface area contributed by atoms with Crippen LogP contribution in [0, 0.1) is 19.7 Å². The van der Waals surface area contributed by atoms with Gasteiger partial charge in [0, 0.05) is 13.6 Å². The van der Waals surface area contributed by atoms with Crippen LogP contribution in [0.2, 0.25) is 0 Å². The van der Waals surface area contributed by atoms with Crippen LogP contribution in [-0.2, 0) is 6.61 Å². The first-order chi connectivity index (χ1) is 11.4. The summed E-state index contributed by atoms with van der Waals surface area (Å²) in [5.41, 5.74) is 3.35. The van der Waals surface area contributed by atoms with Gasteiger partial charge in [0.15, 0.2) is 0 Å². The molecule has 0 N–H and O–H groups in total. The molecule has 1 aromatic heterocycles. The summed E-state index contributed by atoms with van der Waals surface area (Å²) in [7, 11) is 1.96. The number of halogens is 2. The molecular formula is C18H21BrFN3O.